The van der Waals surface area contributed by atoms with Crippen LogP contribution in [0, 0.1) is 13.8 Å². The fourth-order valence-corrected chi connectivity index (χ4v) is 2.07. The first-order chi connectivity index (χ1) is 9.08. The Kier molecular flexibility index (Phi) is 3.79. The van der Waals surface area contributed by atoms with E-state index in [9.17, 15) is 4.79 Å². The molecule has 0 aliphatic rings. The molecule has 0 amide bonds. The van der Waals surface area contributed by atoms with Gasteiger partial charge in [0, 0.05) is 6.42 Å². The number of carbonyl (C=O) groups excluding carboxylic acids is 1. The van der Waals surface area contributed by atoms with Crippen molar-refractivity contribution in [3.05, 3.63) is 40.7 Å². The summed E-state index contributed by atoms with van der Waals surface area (Å²) in [7, 11) is 0. The highest BCUT2D eigenvalue weighted by atomic mass is 16.1. The lowest BCUT2D eigenvalue weighted by molar-refractivity contribution is 0.0982. The van der Waals surface area contributed by atoms with Gasteiger partial charge in [-0.1, -0.05) is 25.1 Å². The third-order valence-corrected chi connectivity index (χ3v) is 3.42. The molecule has 2 aromatic rings. The van der Waals surface area contributed by atoms with Crippen LogP contribution < -0.4 is 0 Å². The number of hydrogen-bond acceptors (Lipinski definition) is 3. The quantitative estimate of drug-likeness (QED) is 0.791. The molecule has 1 aromatic carbocycles. The molecule has 0 radical (unpaired) electrons. The summed E-state index contributed by atoms with van der Waals surface area (Å²) in [5.41, 5.74) is 4.80. The normalized spacial score (nSPS) is 10.7. The smallest absolute Gasteiger partial charge is 0.184 e. The Morgan fingerprint density at radius 3 is 2.53 bits per heavy atom. The minimum atomic E-state index is 0.0481. The van der Waals surface area contributed by atoms with Crippen LogP contribution in [0.5, 0.6) is 0 Å². The van der Waals surface area contributed by atoms with Crippen molar-refractivity contribution in [3.8, 4) is 5.69 Å². The number of ketones is 1. The Morgan fingerprint density at radius 2 is 1.95 bits per heavy atom. The van der Waals surface area contributed by atoms with Crippen molar-refractivity contribution in [2.45, 2.75) is 40.5 Å². The molecule has 0 aliphatic carbocycles. The highest BCUT2D eigenvalue weighted by Crippen LogP contribution is 2.18. The first-order valence-electron chi connectivity index (χ1n) is 6.63. The summed E-state index contributed by atoms with van der Waals surface area (Å²) in [5, 5.41) is 8.19. The van der Waals surface area contributed by atoms with Crippen LogP contribution in [0.2, 0.25) is 0 Å². The molecular weight excluding hydrogens is 238 g/mol. The highest BCUT2D eigenvalue weighted by Gasteiger charge is 2.17. The summed E-state index contributed by atoms with van der Waals surface area (Å²) < 4.78 is 1.77. The zero-order valence-electron chi connectivity index (χ0n) is 11.9. The fraction of sp³-hybridized carbons (Fsp3) is 0.400. The second-order valence-electron chi connectivity index (χ2n) is 4.70. The van der Waals surface area contributed by atoms with E-state index in [-0.39, 0.29) is 5.78 Å². The second-order valence-corrected chi connectivity index (χ2v) is 4.70. The minimum absolute atomic E-state index is 0.0481. The van der Waals surface area contributed by atoms with Gasteiger partial charge < -0.3 is 0 Å². The maximum Gasteiger partial charge on any atom is 0.184 e. The van der Waals surface area contributed by atoms with Crippen molar-refractivity contribution in [2.24, 2.45) is 0 Å². The van der Waals surface area contributed by atoms with Crippen LogP contribution in [0.3, 0.4) is 0 Å². The molecule has 0 unspecified atom stereocenters. The van der Waals surface area contributed by atoms with Crippen LogP contribution in [0.4, 0.5) is 0 Å². The molecule has 0 saturated heterocycles. The van der Waals surface area contributed by atoms with Crippen molar-refractivity contribution in [2.75, 3.05) is 0 Å². The molecule has 2 rings (SSSR count). The molecule has 0 fully saturated rings. The zero-order chi connectivity index (χ0) is 14.0. The van der Waals surface area contributed by atoms with E-state index in [0.717, 1.165) is 17.8 Å². The zero-order valence-corrected chi connectivity index (χ0v) is 11.9. The molecular formula is C15H19N3O. The number of rotatable bonds is 4. The topological polar surface area (TPSA) is 47.8 Å². The molecule has 1 heterocycles. The molecule has 100 valence electrons. The number of hydrogen-bond donors (Lipinski definition) is 0. The molecule has 4 nitrogen and oxygen atoms in total. The number of nitrogens with zero attached hydrogens (tertiary/aromatic N) is 3. The fourth-order valence-electron chi connectivity index (χ4n) is 2.07. The Bertz CT molecular complexity index is 614. The predicted octanol–water partition coefficient (Wildman–Crippen LogP) is 3.04. The third-order valence-electron chi connectivity index (χ3n) is 3.42. The van der Waals surface area contributed by atoms with E-state index in [4.69, 9.17) is 0 Å². The van der Waals surface area contributed by atoms with E-state index in [1.807, 2.05) is 19.9 Å². The van der Waals surface area contributed by atoms with Crippen LogP contribution in [-0.4, -0.2) is 20.8 Å². The van der Waals surface area contributed by atoms with E-state index in [1.165, 1.54) is 11.1 Å². The SMILES string of the molecule is CCC(=O)c1nnn(-c2ccc(C)c(C)c2)c1CC. The number of Topliss-reactive ketones (excluding diaryl/α,β-unsaturated/α-hetero) is 1. The summed E-state index contributed by atoms with van der Waals surface area (Å²) in [6.45, 7) is 8.01. The molecule has 1 aromatic heterocycles. The monoisotopic (exact) mass is 257 g/mol. The Morgan fingerprint density at radius 1 is 1.21 bits per heavy atom. The first-order valence-corrected chi connectivity index (χ1v) is 6.63. The molecule has 0 spiro atoms. The third kappa shape index (κ3) is 2.43. The Hall–Kier alpha value is -1.97. The van der Waals surface area contributed by atoms with Crippen LogP contribution in [0.15, 0.2) is 18.2 Å². The van der Waals surface area contributed by atoms with Crippen LogP contribution in [0.25, 0.3) is 5.69 Å². The van der Waals surface area contributed by atoms with Gasteiger partial charge in [-0.15, -0.1) is 5.10 Å². The largest absolute Gasteiger partial charge is 0.292 e. The van der Waals surface area contributed by atoms with Gasteiger partial charge >= 0.3 is 0 Å². The maximum atomic E-state index is 11.8. The number of carbonyl (C=O) groups is 1. The van der Waals surface area contributed by atoms with Crippen molar-refractivity contribution in [3.63, 3.8) is 0 Å². The summed E-state index contributed by atoms with van der Waals surface area (Å²) >= 11 is 0. The van der Waals surface area contributed by atoms with E-state index in [2.05, 4.69) is 36.3 Å². The van der Waals surface area contributed by atoms with Gasteiger partial charge in [0.25, 0.3) is 0 Å². The first kappa shape index (κ1) is 13.5. The van der Waals surface area contributed by atoms with E-state index >= 15 is 0 Å². The van der Waals surface area contributed by atoms with E-state index in [0.29, 0.717) is 12.1 Å². The van der Waals surface area contributed by atoms with Crippen molar-refractivity contribution in [1.82, 2.24) is 15.0 Å². The van der Waals surface area contributed by atoms with Gasteiger partial charge in [-0.25, -0.2) is 4.68 Å². The number of aromatic nitrogens is 3. The Labute approximate surface area is 113 Å². The van der Waals surface area contributed by atoms with Crippen molar-refractivity contribution in [1.29, 1.82) is 0 Å². The molecule has 0 bridgehead atoms. The standard InChI is InChI=1S/C15H19N3O/c1-5-13-15(14(19)6-2)16-17-18(13)12-8-7-10(3)11(4)9-12/h7-9H,5-6H2,1-4H3. The second kappa shape index (κ2) is 5.34. The van der Waals surface area contributed by atoms with Gasteiger partial charge in [0.2, 0.25) is 0 Å². The minimum Gasteiger partial charge on any atom is -0.292 e. The summed E-state index contributed by atoms with van der Waals surface area (Å²) in [5.74, 6) is 0.0481. The molecule has 19 heavy (non-hydrogen) atoms. The lowest BCUT2D eigenvalue weighted by Gasteiger charge is -2.08. The van der Waals surface area contributed by atoms with Crippen LogP contribution in [-0.2, 0) is 6.42 Å². The highest BCUT2D eigenvalue weighted by molar-refractivity contribution is 5.95. The molecule has 4 heteroatoms. The average Bonchev–Trinajstić information content (AvgIpc) is 2.84. The lowest BCUT2D eigenvalue weighted by Crippen LogP contribution is -2.06. The number of benzene rings is 1. The van der Waals surface area contributed by atoms with Gasteiger partial charge in [-0.3, -0.25) is 4.79 Å². The summed E-state index contributed by atoms with van der Waals surface area (Å²) in [6.07, 6.45) is 1.19. The van der Waals surface area contributed by atoms with Gasteiger partial charge in [0.05, 0.1) is 11.4 Å². The van der Waals surface area contributed by atoms with Gasteiger partial charge in [-0.2, -0.15) is 0 Å². The molecule has 0 N–H and O–H groups in total. The predicted molar refractivity (Wildman–Crippen MR) is 74.8 cm³/mol. The van der Waals surface area contributed by atoms with Crippen molar-refractivity contribution < 1.29 is 4.79 Å². The Balaban J connectivity index is 2.53. The molecule has 0 saturated carbocycles. The average molecular weight is 257 g/mol. The maximum absolute atomic E-state index is 11.8. The molecule has 0 atom stereocenters. The number of aryl methyl sites for hydroxylation is 2. The lowest BCUT2D eigenvalue weighted by atomic mass is 10.1. The van der Waals surface area contributed by atoms with Gasteiger partial charge in [0.1, 0.15) is 0 Å². The van der Waals surface area contributed by atoms with Gasteiger partial charge in [-0.05, 0) is 43.5 Å². The van der Waals surface area contributed by atoms with Crippen molar-refractivity contribution >= 4 is 5.78 Å². The van der Waals surface area contributed by atoms with E-state index < -0.39 is 0 Å². The van der Waals surface area contributed by atoms with Gasteiger partial charge in [0.15, 0.2) is 11.5 Å². The van der Waals surface area contributed by atoms with E-state index in [1.54, 1.807) is 4.68 Å². The van der Waals surface area contributed by atoms with Crippen LogP contribution >= 0.6 is 0 Å². The van der Waals surface area contributed by atoms with Crippen LogP contribution in [0.1, 0.15) is 47.6 Å². The summed E-state index contributed by atoms with van der Waals surface area (Å²) in [4.78, 5) is 11.8. The molecule has 0 aliphatic heterocycles. The summed E-state index contributed by atoms with van der Waals surface area (Å²) in [6, 6.07) is 6.15.